The zero-order valence-electron chi connectivity index (χ0n) is 43.7. The van der Waals surface area contributed by atoms with Gasteiger partial charge in [-0.2, -0.15) is 0 Å². The number of hydrogen-bond donors (Lipinski definition) is 11. The van der Waals surface area contributed by atoms with E-state index in [1.54, 1.807) is 36.5 Å². The molecule has 9 atom stereocenters. The number of aromatic nitrogens is 3. The van der Waals surface area contributed by atoms with E-state index in [1.165, 1.54) is 26.4 Å². The molecule has 418 valence electrons. The summed E-state index contributed by atoms with van der Waals surface area (Å²) in [4.78, 5) is 148. The third-order valence-electron chi connectivity index (χ3n) is 13.8. The lowest BCUT2D eigenvalue weighted by atomic mass is 9.88. The highest BCUT2D eigenvalue weighted by Crippen LogP contribution is 2.46. The number of thioether (sulfide) groups is 2. The molecule has 0 saturated carbocycles. The van der Waals surface area contributed by atoms with Crippen molar-refractivity contribution < 1.29 is 43.2 Å². The molecular weight excluding hydrogens is 1040 g/mol. The monoisotopic (exact) mass is 1110 g/mol. The lowest BCUT2D eigenvalue weighted by molar-refractivity contribution is -0.135. The number of carbonyl (C=O) groups excluding carboxylic acids is 9. The quantitative estimate of drug-likeness (QED) is 0.0392. The Balaban J connectivity index is 1.50. The number of aliphatic imine (C=N–C) groups is 2. The Hall–Kier alpha value is -7.54. The number of nitrogens with zero attached hydrogens (tertiary/aromatic N) is 3. The van der Waals surface area contributed by atoms with Gasteiger partial charge in [0.15, 0.2) is 35.1 Å². The summed E-state index contributed by atoms with van der Waals surface area (Å²) in [6.07, 6.45) is 3.01. The van der Waals surface area contributed by atoms with Gasteiger partial charge >= 0.3 is 0 Å². The summed E-state index contributed by atoms with van der Waals surface area (Å²) in [7, 11) is 0. The van der Waals surface area contributed by atoms with Crippen LogP contribution in [0, 0.1) is 23.7 Å². The Bertz CT molecular complexity index is 2850. The topological polar surface area (TPSA) is 401 Å². The van der Waals surface area contributed by atoms with Crippen molar-refractivity contribution in [1.29, 1.82) is 0 Å². The second-order valence-electron chi connectivity index (χ2n) is 19.9. The number of benzene rings is 2. The average molecular weight is 1110 g/mol. The van der Waals surface area contributed by atoms with Crippen molar-refractivity contribution in [2.45, 2.75) is 106 Å². The van der Waals surface area contributed by atoms with E-state index in [1.807, 2.05) is 24.3 Å². The van der Waals surface area contributed by atoms with Crippen LogP contribution in [0.5, 0.6) is 0 Å². The van der Waals surface area contributed by atoms with Gasteiger partial charge in [0.05, 0.1) is 58.9 Å². The summed E-state index contributed by atoms with van der Waals surface area (Å²) in [5.74, 6) is -11.1. The van der Waals surface area contributed by atoms with Gasteiger partial charge in [0.2, 0.25) is 29.5 Å². The zero-order chi connectivity index (χ0) is 56.5. The zero-order valence-corrected chi connectivity index (χ0v) is 45.3. The third-order valence-corrected chi connectivity index (χ3v) is 17.3. The SMILES string of the molecule is CC(=O)N[C@@H](CCCN=C(N)N)C(=O)C[C@H]1CSC2(CN=C(N)N)C[C@H](CC(=O)[C@@H](Cc3ccccc3)NC(=O)[C@H](Cc3cnc[nH]3)CC(=O)[C@@H](C)NC1=O)C(=O)N[C@@H](Cc1c[nH]c3ccccc13)C(=O)C[C@H](C(N)=O)CS2. The molecule has 2 fully saturated rings. The largest absolute Gasteiger partial charge is 0.370 e. The van der Waals surface area contributed by atoms with Gasteiger partial charge in [0.1, 0.15) is 0 Å². The highest BCUT2D eigenvalue weighted by atomic mass is 32.2. The van der Waals surface area contributed by atoms with Crippen LogP contribution >= 0.6 is 23.5 Å². The Morgan fingerprint density at radius 3 is 2.12 bits per heavy atom. The predicted molar refractivity (Wildman–Crippen MR) is 298 cm³/mol. The van der Waals surface area contributed by atoms with E-state index in [2.05, 4.69) is 46.2 Å². The van der Waals surface area contributed by atoms with Crippen LogP contribution in [0.4, 0.5) is 0 Å². The molecule has 5 amide bonds. The second-order valence-corrected chi connectivity index (χ2v) is 23.0. The summed E-state index contributed by atoms with van der Waals surface area (Å²) in [6.45, 7) is 2.56. The van der Waals surface area contributed by atoms with Crippen molar-refractivity contribution in [1.82, 2.24) is 36.2 Å². The fourth-order valence-electron chi connectivity index (χ4n) is 9.54. The van der Waals surface area contributed by atoms with E-state index < -0.39 is 124 Å². The maximum atomic E-state index is 15.3. The van der Waals surface area contributed by atoms with Gasteiger partial charge in [-0.1, -0.05) is 48.5 Å². The Kier molecular flexibility index (Phi) is 21.6. The van der Waals surface area contributed by atoms with Crippen LogP contribution < -0.4 is 49.9 Å². The number of rotatable bonds is 17. The molecule has 16 N–H and O–H groups in total. The molecule has 78 heavy (non-hydrogen) atoms. The number of primary amides is 1. The van der Waals surface area contributed by atoms with E-state index in [-0.39, 0.29) is 81.5 Å². The molecule has 2 aliphatic heterocycles. The third kappa shape index (κ3) is 17.5. The van der Waals surface area contributed by atoms with Crippen LogP contribution in [0.1, 0.15) is 75.6 Å². The number of imidazole rings is 1. The molecule has 2 saturated heterocycles. The van der Waals surface area contributed by atoms with E-state index in [9.17, 15) is 33.6 Å². The van der Waals surface area contributed by atoms with Crippen molar-refractivity contribution in [2.24, 2.45) is 62.3 Å². The van der Waals surface area contributed by atoms with Gasteiger partial charge in [-0.15, -0.1) is 23.5 Å². The molecule has 2 aromatic heterocycles. The molecule has 0 spiro atoms. The van der Waals surface area contributed by atoms with Crippen LogP contribution in [0.2, 0.25) is 0 Å². The van der Waals surface area contributed by atoms with Crippen LogP contribution in [0.25, 0.3) is 10.9 Å². The smallest absolute Gasteiger partial charge is 0.224 e. The van der Waals surface area contributed by atoms with Crippen molar-refractivity contribution >= 4 is 99.0 Å². The maximum Gasteiger partial charge on any atom is 0.224 e. The Labute approximate surface area is 459 Å². The van der Waals surface area contributed by atoms with Crippen LogP contribution in [0.15, 0.2) is 83.3 Å². The first-order chi connectivity index (χ1) is 37.2. The van der Waals surface area contributed by atoms with E-state index in [0.717, 1.165) is 34.4 Å². The molecule has 2 bridgehead atoms. The van der Waals surface area contributed by atoms with Crippen LogP contribution in [-0.4, -0.2) is 132 Å². The number of Topliss-reactive ketones (excluding diaryl/α,β-unsaturated/α-hetero) is 4. The summed E-state index contributed by atoms with van der Waals surface area (Å²) >= 11 is 2.20. The van der Waals surface area contributed by atoms with E-state index in [4.69, 9.17) is 28.7 Å². The maximum absolute atomic E-state index is 15.3. The molecule has 23 nitrogen and oxygen atoms in total. The van der Waals surface area contributed by atoms with Crippen molar-refractivity contribution in [3.05, 3.63) is 90.1 Å². The Morgan fingerprint density at radius 1 is 0.756 bits per heavy atom. The van der Waals surface area contributed by atoms with Crippen LogP contribution in [-0.2, 0) is 62.4 Å². The van der Waals surface area contributed by atoms with E-state index in [0.29, 0.717) is 16.8 Å². The average Bonchev–Trinajstić information content (AvgIpc) is 4.11. The first kappa shape index (κ1) is 59.7. The lowest BCUT2D eigenvalue weighted by Gasteiger charge is -2.36. The summed E-state index contributed by atoms with van der Waals surface area (Å²) < 4.78 is -1.43. The summed E-state index contributed by atoms with van der Waals surface area (Å²) in [5.41, 5.74) is 31.7. The molecule has 6 rings (SSSR count). The summed E-state index contributed by atoms with van der Waals surface area (Å²) in [6, 6.07) is 11.6. The van der Waals surface area contributed by atoms with Gasteiger partial charge in [-0.3, -0.25) is 53.1 Å². The van der Waals surface area contributed by atoms with Crippen molar-refractivity contribution in [2.75, 3.05) is 24.6 Å². The molecule has 4 aromatic rings. The highest BCUT2D eigenvalue weighted by molar-refractivity contribution is 8.18. The van der Waals surface area contributed by atoms with Crippen molar-refractivity contribution in [3.8, 4) is 0 Å². The van der Waals surface area contributed by atoms with Gasteiger partial charge in [0, 0.05) is 98.4 Å². The fourth-order valence-corrected chi connectivity index (χ4v) is 12.8. The standard InChI is InChI=1S/C53H70N14O9S2/c1-29-43(69)18-32(16-37-24-59-28-63-37)48(74)66-41(15-31-9-4-3-5-10-31)45(71)19-33-22-53(27-62-52(57)58,78-26-36(50(76)64-29)21-44(70)40(65-30(2)68)13-8-14-60-51(55)56)77-25-35(47(54)73)20-46(72)42(67-49(33)75)17-34-23-61-39-12-7-6-11-38(34)39/h3-7,9-12,23-24,28-29,32-33,35-36,40-42,61H,8,13-22,25-27H2,1-2H3,(H2,54,73)(H,59,63)(H,64,76)(H,65,68)(H,66,74)(H,67,75)(H4,55,56,60)(H4,57,58,62)/t29-,32-,33+,35+,36+,40+,41-,42+,53?/m1/s1. The van der Waals surface area contributed by atoms with Gasteiger partial charge < -0.3 is 59.9 Å². The van der Waals surface area contributed by atoms with Crippen molar-refractivity contribution in [3.63, 3.8) is 0 Å². The second kappa shape index (κ2) is 28.2. The highest BCUT2D eigenvalue weighted by Gasteiger charge is 2.44. The first-order valence-corrected chi connectivity index (χ1v) is 27.7. The number of fused-ring (bicyclic) bond motifs is 3. The fraction of sp³-hybridized carbons (Fsp3) is 0.472. The number of hydrogen-bond acceptors (Lipinski definition) is 14. The minimum absolute atomic E-state index is 0.00190. The summed E-state index contributed by atoms with van der Waals surface area (Å²) in [5, 5.41) is 12.1. The Morgan fingerprint density at radius 2 is 1.42 bits per heavy atom. The molecule has 4 heterocycles. The van der Waals surface area contributed by atoms with Gasteiger partial charge in [-0.25, -0.2) is 4.98 Å². The predicted octanol–water partition coefficient (Wildman–Crippen LogP) is 0.592. The molecule has 1 unspecified atom stereocenters. The lowest BCUT2D eigenvalue weighted by Crippen LogP contribution is -2.49. The number of amides is 5. The minimum Gasteiger partial charge on any atom is -0.370 e. The van der Waals surface area contributed by atoms with E-state index >= 15 is 9.59 Å². The number of aromatic amines is 2. The molecule has 0 radical (unpaired) electrons. The first-order valence-electron chi connectivity index (χ1n) is 25.7. The number of para-hydroxylation sites is 1. The number of carbonyl (C=O) groups is 9. The number of nitrogens with one attached hydrogen (secondary N) is 6. The number of nitrogens with two attached hydrogens (primary N) is 5. The molecule has 2 aliphatic rings. The van der Waals surface area contributed by atoms with Crippen LogP contribution in [0.3, 0.4) is 0 Å². The van der Waals surface area contributed by atoms with Gasteiger partial charge in [-0.05, 0) is 49.8 Å². The molecule has 2 aromatic carbocycles. The molecule has 0 aliphatic carbocycles. The molecule has 25 heteroatoms. The normalized spacial score (nSPS) is 24.5. The number of H-pyrrole nitrogens is 2. The molecular formula is C53H70N14O9S2. The number of guanidine groups is 2. The minimum atomic E-state index is -1.43. The number of ketones is 4. The van der Waals surface area contributed by atoms with Gasteiger partial charge in [0.25, 0.3) is 0 Å².